The van der Waals surface area contributed by atoms with E-state index in [4.69, 9.17) is 4.74 Å². The molecule has 1 saturated carbocycles. The molecule has 4 heteroatoms. The van der Waals surface area contributed by atoms with E-state index in [0.29, 0.717) is 6.10 Å². The highest BCUT2D eigenvalue weighted by molar-refractivity contribution is 5.94. The van der Waals surface area contributed by atoms with Crippen molar-refractivity contribution in [1.82, 2.24) is 9.80 Å². The van der Waals surface area contributed by atoms with E-state index in [9.17, 15) is 4.79 Å². The number of hydrogen-bond donors (Lipinski definition) is 0. The minimum Gasteiger partial charge on any atom is -0.377 e. The molecule has 0 radical (unpaired) electrons. The van der Waals surface area contributed by atoms with Gasteiger partial charge in [0.1, 0.15) is 0 Å². The zero-order valence-electron chi connectivity index (χ0n) is 18.2. The summed E-state index contributed by atoms with van der Waals surface area (Å²) in [4.78, 5) is 17.2. The zero-order chi connectivity index (χ0) is 20.1. The topological polar surface area (TPSA) is 32.8 Å². The summed E-state index contributed by atoms with van der Waals surface area (Å²) in [5.41, 5.74) is 2.07. The van der Waals surface area contributed by atoms with Crippen molar-refractivity contribution in [2.45, 2.75) is 77.0 Å². The molecule has 0 bridgehead atoms. The van der Waals surface area contributed by atoms with Gasteiger partial charge in [-0.25, -0.2) is 0 Å². The highest BCUT2D eigenvalue weighted by Crippen LogP contribution is 2.28. The van der Waals surface area contributed by atoms with Crippen LogP contribution < -0.4 is 0 Å². The second kappa shape index (κ2) is 10.2. The fourth-order valence-corrected chi connectivity index (χ4v) is 5.56. The zero-order valence-corrected chi connectivity index (χ0v) is 18.2. The number of benzene rings is 1. The van der Waals surface area contributed by atoms with Gasteiger partial charge in [0.25, 0.3) is 0 Å². The van der Waals surface area contributed by atoms with Gasteiger partial charge in [0, 0.05) is 37.8 Å². The summed E-state index contributed by atoms with van der Waals surface area (Å²) in [5.74, 6) is 0.932. The molecule has 160 valence electrons. The first-order valence-corrected chi connectivity index (χ1v) is 11.9. The normalized spacial score (nSPS) is 24.6. The molecule has 4 nitrogen and oxygen atoms in total. The lowest BCUT2D eigenvalue weighted by Gasteiger charge is -2.38. The van der Waals surface area contributed by atoms with E-state index in [2.05, 4.69) is 21.9 Å². The molecule has 2 saturated heterocycles. The Morgan fingerprint density at radius 3 is 2.55 bits per heavy atom. The number of nitrogens with zero attached hydrogens (tertiary/aromatic N) is 2. The van der Waals surface area contributed by atoms with Gasteiger partial charge in [0.15, 0.2) is 5.78 Å². The summed E-state index contributed by atoms with van der Waals surface area (Å²) in [6.07, 6.45) is 11.1. The number of rotatable bonds is 8. The van der Waals surface area contributed by atoms with E-state index in [-0.39, 0.29) is 5.78 Å². The molecule has 4 rings (SSSR count). The molecular formula is C25H38N2O2. The lowest BCUT2D eigenvalue weighted by molar-refractivity contribution is 0.0540. The van der Waals surface area contributed by atoms with Crippen LogP contribution in [0.4, 0.5) is 0 Å². The summed E-state index contributed by atoms with van der Waals surface area (Å²) in [6.45, 7) is 8.23. The van der Waals surface area contributed by atoms with Crippen molar-refractivity contribution in [3.05, 3.63) is 35.4 Å². The lowest BCUT2D eigenvalue weighted by Crippen LogP contribution is -2.43. The molecule has 0 amide bonds. The van der Waals surface area contributed by atoms with Crippen LogP contribution in [0.15, 0.2) is 24.3 Å². The highest BCUT2D eigenvalue weighted by atomic mass is 16.5. The van der Waals surface area contributed by atoms with Gasteiger partial charge in [0.05, 0.1) is 6.10 Å². The smallest absolute Gasteiger partial charge is 0.159 e. The van der Waals surface area contributed by atoms with Crippen molar-refractivity contribution in [1.29, 1.82) is 0 Å². The van der Waals surface area contributed by atoms with Crippen LogP contribution in [0.5, 0.6) is 0 Å². The first-order valence-electron chi connectivity index (χ1n) is 11.9. The minimum absolute atomic E-state index is 0.150. The third kappa shape index (κ3) is 5.90. The van der Waals surface area contributed by atoms with Gasteiger partial charge in [-0.1, -0.05) is 31.0 Å². The van der Waals surface area contributed by atoms with Crippen molar-refractivity contribution >= 4 is 5.78 Å². The maximum absolute atomic E-state index is 11.8. The predicted molar refractivity (Wildman–Crippen MR) is 117 cm³/mol. The lowest BCUT2D eigenvalue weighted by atomic mass is 9.94. The van der Waals surface area contributed by atoms with Gasteiger partial charge < -0.3 is 9.64 Å². The molecular weight excluding hydrogens is 360 g/mol. The van der Waals surface area contributed by atoms with Crippen molar-refractivity contribution in [3.63, 3.8) is 0 Å². The van der Waals surface area contributed by atoms with E-state index >= 15 is 0 Å². The quantitative estimate of drug-likeness (QED) is 0.603. The molecule has 3 aliphatic rings. The number of carbonyl (C=O) groups excluding carboxylic acids is 1. The van der Waals surface area contributed by atoms with Gasteiger partial charge in [0.2, 0.25) is 0 Å². The number of piperidine rings is 1. The molecule has 1 aliphatic carbocycles. The Morgan fingerprint density at radius 1 is 1.07 bits per heavy atom. The van der Waals surface area contributed by atoms with Crippen molar-refractivity contribution in [3.8, 4) is 0 Å². The summed E-state index contributed by atoms with van der Waals surface area (Å²) in [7, 11) is 0. The largest absolute Gasteiger partial charge is 0.377 e. The molecule has 3 fully saturated rings. The van der Waals surface area contributed by atoms with Gasteiger partial charge in [-0.05, 0) is 76.1 Å². The Labute approximate surface area is 176 Å². The Balaban J connectivity index is 1.35. The van der Waals surface area contributed by atoms with Crippen LogP contribution in [-0.4, -0.2) is 60.5 Å². The monoisotopic (exact) mass is 398 g/mol. The van der Waals surface area contributed by atoms with Gasteiger partial charge in [-0.15, -0.1) is 0 Å². The predicted octanol–water partition coefficient (Wildman–Crippen LogP) is 4.52. The molecule has 29 heavy (non-hydrogen) atoms. The van der Waals surface area contributed by atoms with Crippen molar-refractivity contribution in [2.24, 2.45) is 5.92 Å². The minimum atomic E-state index is 0.150. The number of ketones is 1. The summed E-state index contributed by atoms with van der Waals surface area (Å²) < 4.78 is 5.95. The average molecular weight is 399 g/mol. The van der Waals surface area contributed by atoms with Crippen molar-refractivity contribution < 1.29 is 9.53 Å². The third-order valence-corrected chi connectivity index (χ3v) is 7.23. The summed E-state index contributed by atoms with van der Waals surface area (Å²) >= 11 is 0. The van der Waals surface area contributed by atoms with E-state index < -0.39 is 0 Å². The first-order chi connectivity index (χ1) is 14.2. The molecule has 1 aromatic carbocycles. The molecule has 0 unspecified atom stereocenters. The fourth-order valence-electron chi connectivity index (χ4n) is 5.56. The molecule has 2 aliphatic heterocycles. The second-order valence-electron chi connectivity index (χ2n) is 9.50. The Kier molecular flexibility index (Phi) is 7.39. The molecule has 0 aromatic heterocycles. The maximum atomic E-state index is 11.8. The Morgan fingerprint density at radius 2 is 1.86 bits per heavy atom. The standard InChI is InChI=1S/C25H38N2O2/c1-20(28)23-7-4-6-22(16-23)18-26(19-25-10-5-15-29-25)17-21-11-13-27(14-12-21)24-8-2-3-9-24/h4,6-7,16,21,24-25H,2-3,5,8-15,17-19H2,1H3/t25-/m0/s1. The van der Waals surface area contributed by atoms with Crippen LogP contribution in [0.3, 0.4) is 0 Å². The van der Waals surface area contributed by atoms with Crippen LogP contribution in [0.1, 0.15) is 74.2 Å². The van der Waals surface area contributed by atoms with E-state index in [0.717, 1.165) is 43.8 Å². The number of carbonyl (C=O) groups is 1. The highest BCUT2D eigenvalue weighted by Gasteiger charge is 2.29. The summed E-state index contributed by atoms with van der Waals surface area (Å²) in [5, 5.41) is 0. The van der Waals surface area contributed by atoms with Crippen LogP contribution in [-0.2, 0) is 11.3 Å². The molecule has 0 spiro atoms. The van der Waals surface area contributed by atoms with E-state index in [1.54, 1.807) is 6.92 Å². The number of likely N-dealkylation sites (tertiary alicyclic amines) is 1. The fraction of sp³-hybridized carbons (Fsp3) is 0.720. The van der Waals surface area contributed by atoms with Crippen LogP contribution in [0.2, 0.25) is 0 Å². The molecule has 2 heterocycles. The van der Waals surface area contributed by atoms with Gasteiger partial charge in [-0.2, -0.15) is 0 Å². The number of hydrogen-bond acceptors (Lipinski definition) is 4. The van der Waals surface area contributed by atoms with Gasteiger partial charge >= 0.3 is 0 Å². The third-order valence-electron chi connectivity index (χ3n) is 7.23. The average Bonchev–Trinajstić information content (AvgIpc) is 3.43. The number of Topliss-reactive ketones (excluding diaryl/α,β-unsaturated/α-hetero) is 1. The summed E-state index contributed by atoms with van der Waals surface area (Å²) in [6, 6.07) is 9.06. The number of ether oxygens (including phenoxy) is 1. The maximum Gasteiger partial charge on any atom is 0.159 e. The van der Waals surface area contributed by atoms with Crippen LogP contribution in [0.25, 0.3) is 0 Å². The Bertz CT molecular complexity index is 657. The van der Waals surface area contributed by atoms with Gasteiger partial charge in [-0.3, -0.25) is 9.69 Å². The Hall–Kier alpha value is -1.23. The van der Waals surface area contributed by atoms with E-state index in [1.165, 1.54) is 70.0 Å². The SMILES string of the molecule is CC(=O)c1cccc(CN(CC2CCN(C3CCCC3)CC2)C[C@@H]2CCCO2)c1. The first kappa shape index (κ1) is 21.0. The molecule has 1 aromatic rings. The van der Waals surface area contributed by atoms with Crippen LogP contribution >= 0.6 is 0 Å². The van der Waals surface area contributed by atoms with Crippen molar-refractivity contribution in [2.75, 3.05) is 32.8 Å². The molecule has 1 atom stereocenters. The molecule has 0 N–H and O–H groups in total. The van der Waals surface area contributed by atoms with Crippen LogP contribution in [0, 0.1) is 5.92 Å². The van der Waals surface area contributed by atoms with E-state index in [1.807, 2.05) is 12.1 Å². The second-order valence-corrected chi connectivity index (χ2v) is 9.50.